The SMILES string of the molecule is C=CCNC(C(=O)O)c1cccc(OCC)c1O. The normalized spacial score (nSPS) is 11.8. The second-order valence-electron chi connectivity index (χ2n) is 3.60. The van der Waals surface area contributed by atoms with Crippen molar-refractivity contribution in [2.75, 3.05) is 13.2 Å². The number of hydrogen-bond acceptors (Lipinski definition) is 4. The van der Waals surface area contributed by atoms with Gasteiger partial charge in [0.2, 0.25) is 0 Å². The summed E-state index contributed by atoms with van der Waals surface area (Å²) in [4.78, 5) is 11.2. The van der Waals surface area contributed by atoms with Crippen molar-refractivity contribution in [3.05, 3.63) is 36.4 Å². The predicted octanol–water partition coefficient (Wildman–Crippen LogP) is 1.69. The molecule has 0 saturated heterocycles. The highest BCUT2D eigenvalue weighted by Crippen LogP contribution is 2.33. The summed E-state index contributed by atoms with van der Waals surface area (Å²) in [5.74, 6) is -0.939. The summed E-state index contributed by atoms with van der Waals surface area (Å²) in [5, 5.41) is 21.9. The van der Waals surface area contributed by atoms with Crippen molar-refractivity contribution in [2.24, 2.45) is 0 Å². The monoisotopic (exact) mass is 251 g/mol. The fourth-order valence-corrected chi connectivity index (χ4v) is 1.58. The number of carbonyl (C=O) groups is 1. The van der Waals surface area contributed by atoms with Gasteiger partial charge in [-0.3, -0.25) is 10.1 Å². The summed E-state index contributed by atoms with van der Waals surface area (Å²) in [6.45, 7) is 6.03. The molecule has 0 aliphatic carbocycles. The lowest BCUT2D eigenvalue weighted by molar-refractivity contribution is -0.139. The molecule has 0 aliphatic heterocycles. The number of para-hydroxylation sites is 1. The van der Waals surface area contributed by atoms with Gasteiger partial charge in [0.05, 0.1) is 6.61 Å². The van der Waals surface area contributed by atoms with Crippen LogP contribution in [0.4, 0.5) is 0 Å². The van der Waals surface area contributed by atoms with E-state index in [1.807, 2.05) is 0 Å². The molecule has 5 nitrogen and oxygen atoms in total. The highest BCUT2D eigenvalue weighted by molar-refractivity contribution is 5.77. The summed E-state index contributed by atoms with van der Waals surface area (Å²) >= 11 is 0. The number of rotatable bonds is 7. The van der Waals surface area contributed by atoms with E-state index >= 15 is 0 Å². The zero-order valence-electron chi connectivity index (χ0n) is 10.2. The lowest BCUT2D eigenvalue weighted by Gasteiger charge is -2.16. The molecular formula is C13H17NO4. The summed E-state index contributed by atoms with van der Waals surface area (Å²) in [7, 11) is 0. The van der Waals surface area contributed by atoms with Crippen LogP contribution in [-0.4, -0.2) is 29.3 Å². The van der Waals surface area contributed by atoms with Gasteiger partial charge in [-0.15, -0.1) is 6.58 Å². The molecular weight excluding hydrogens is 234 g/mol. The van der Waals surface area contributed by atoms with E-state index in [0.717, 1.165) is 0 Å². The van der Waals surface area contributed by atoms with E-state index in [4.69, 9.17) is 9.84 Å². The van der Waals surface area contributed by atoms with E-state index in [-0.39, 0.29) is 17.1 Å². The number of aromatic hydroxyl groups is 1. The average Bonchev–Trinajstić information content (AvgIpc) is 2.34. The van der Waals surface area contributed by atoms with Crippen LogP contribution in [0.15, 0.2) is 30.9 Å². The first kappa shape index (κ1) is 14.1. The zero-order chi connectivity index (χ0) is 13.5. The van der Waals surface area contributed by atoms with E-state index in [1.165, 1.54) is 0 Å². The Balaban J connectivity index is 3.07. The van der Waals surface area contributed by atoms with E-state index in [0.29, 0.717) is 13.2 Å². The third-order valence-electron chi connectivity index (χ3n) is 2.35. The Morgan fingerprint density at radius 1 is 1.61 bits per heavy atom. The molecule has 5 heteroatoms. The Labute approximate surface area is 106 Å². The number of ether oxygens (including phenoxy) is 1. The molecule has 0 saturated carbocycles. The number of benzene rings is 1. The Morgan fingerprint density at radius 2 is 2.33 bits per heavy atom. The highest BCUT2D eigenvalue weighted by Gasteiger charge is 2.23. The van der Waals surface area contributed by atoms with Crippen LogP contribution in [0.5, 0.6) is 11.5 Å². The lowest BCUT2D eigenvalue weighted by atomic mass is 10.1. The second-order valence-corrected chi connectivity index (χ2v) is 3.60. The molecule has 98 valence electrons. The minimum Gasteiger partial charge on any atom is -0.504 e. The van der Waals surface area contributed by atoms with Gasteiger partial charge in [0.25, 0.3) is 0 Å². The van der Waals surface area contributed by atoms with E-state index < -0.39 is 12.0 Å². The summed E-state index contributed by atoms with van der Waals surface area (Å²) in [6.07, 6.45) is 1.55. The Hall–Kier alpha value is -2.01. The minimum absolute atomic E-state index is 0.150. The van der Waals surface area contributed by atoms with Crippen molar-refractivity contribution in [1.82, 2.24) is 5.32 Å². The molecule has 0 spiro atoms. The first-order valence-corrected chi connectivity index (χ1v) is 5.63. The van der Waals surface area contributed by atoms with Crippen molar-refractivity contribution in [3.8, 4) is 11.5 Å². The van der Waals surface area contributed by atoms with Gasteiger partial charge in [-0.1, -0.05) is 18.2 Å². The van der Waals surface area contributed by atoms with Crippen LogP contribution in [-0.2, 0) is 4.79 Å². The van der Waals surface area contributed by atoms with E-state index in [9.17, 15) is 9.90 Å². The molecule has 18 heavy (non-hydrogen) atoms. The van der Waals surface area contributed by atoms with Gasteiger partial charge in [-0.25, -0.2) is 0 Å². The first-order chi connectivity index (χ1) is 8.61. The quantitative estimate of drug-likeness (QED) is 0.643. The van der Waals surface area contributed by atoms with Gasteiger partial charge in [0.1, 0.15) is 6.04 Å². The third kappa shape index (κ3) is 3.24. The van der Waals surface area contributed by atoms with E-state index in [2.05, 4.69) is 11.9 Å². The van der Waals surface area contributed by atoms with Crippen LogP contribution >= 0.6 is 0 Å². The first-order valence-electron chi connectivity index (χ1n) is 5.63. The maximum absolute atomic E-state index is 11.2. The van der Waals surface area contributed by atoms with Gasteiger partial charge in [-0.2, -0.15) is 0 Å². The van der Waals surface area contributed by atoms with Gasteiger partial charge in [0.15, 0.2) is 11.5 Å². The fourth-order valence-electron chi connectivity index (χ4n) is 1.58. The molecule has 1 aromatic carbocycles. The van der Waals surface area contributed by atoms with Crippen molar-refractivity contribution in [1.29, 1.82) is 0 Å². The molecule has 0 heterocycles. The number of aliphatic carboxylic acids is 1. The fraction of sp³-hybridized carbons (Fsp3) is 0.308. The molecule has 1 atom stereocenters. The molecule has 1 rings (SSSR count). The maximum Gasteiger partial charge on any atom is 0.325 e. The van der Waals surface area contributed by atoms with Crippen molar-refractivity contribution >= 4 is 5.97 Å². The molecule has 3 N–H and O–H groups in total. The van der Waals surface area contributed by atoms with Crippen LogP contribution in [0.25, 0.3) is 0 Å². The Bertz CT molecular complexity index is 431. The molecule has 0 amide bonds. The van der Waals surface area contributed by atoms with E-state index in [1.54, 1.807) is 31.2 Å². The predicted molar refractivity (Wildman–Crippen MR) is 67.9 cm³/mol. The van der Waals surface area contributed by atoms with Crippen LogP contribution < -0.4 is 10.1 Å². The van der Waals surface area contributed by atoms with Crippen LogP contribution in [0.2, 0.25) is 0 Å². The van der Waals surface area contributed by atoms with Crippen molar-refractivity contribution < 1.29 is 19.7 Å². The molecule has 0 aromatic heterocycles. The molecule has 0 bridgehead atoms. The topological polar surface area (TPSA) is 78.8 Å². The molecule has 0 radical (unpaired) electrons. The van der Waals surface area contributed by atoms with Crippen molar-refractivity contribution in [2.45, 2.75) is 13.0 Å². The van der Waals surface area contributed by atoms with Crippen molar-refractivity contribution in [3.63, 3.8) is 0 Å². The van der Waals surface area contributed by atoms with Gasteiger partial charge >= 0.3 is 5.97 Å². The molecule has 0 fully saturated rings. The lowest BCUT2D eigenvalue weighted by Crippen LogP contribution is -2.28. The third-order valence-corrected chi connectivity index (χ3v) is 2.35. The Kier molecular flexibility index (Phi) is 5.20. The number of hydrogen-bond donors (Lipinski definition) is 3. The number of carboxylic acids is 1. The summed E-state index contributed by atoms with van der Waals surface area (Å²) in [6, 6.07) is 3.79. The maximum atomic E-state index is 11.2. The van der Waals surface area contributed by atoms with Crippen LogP contribution in [0, 0.1) is 0 Å². The number of phenols is 1. The standard InChI is InChI=1S/C13H17NO4/c1-3-8-14-11(13(16)17)9-6-5-7-10(12(9)15)18-4-2/h3,5-7,11,14-15H,1,4,8H2,2H3,(H,16,17). The molecule has 0 aliphatic rings. The summed E-state index contributed by atoms with van der Waals surface area (Å²) < 4.78 is 5.22. The molecule has 1 unspecified atom stereocenters. The molecule has 1 aromatic rings. The number of carboxylic acid groups (broad SMARTS) is 1. The minimum atomic E-state index is -1.07. The Morgan fingerprint density at radius 3 is 2.89 bits per heavy atom. The number of nitrogens with one attached hydrogen (secondary N) is 1. The smallest absolute Gasteiger partial charge is 0.325 e. The largest absolute Gasteiger partial charge is 0.504 e. The van der Waals surface area contributed by atoms with Crippen LogP contribution in [0.1, 0.15) is 18.5 Å². The van der Waals surface area contributed by atoms with Crippen LogP contribution in [0.3, 0.4) is 0 Å². The average molecular weight is 251 g/mol. The second kappa shape index (κ2) is 6.66. The summed E-state index contributed by atoms with van der Waals surface area (Å²) in [5.41, 5.74) is 0.273. The zero-order valence-corrected chi connectivity index (χ0v) is 10.2. The highest BCUT2D eigenvalue weighted by atomic mass is 16.5. The van der Waals surface area contributed by atoms with Gasteiger partial charge in [0, 0.05) is 12.1 Å². The van der Waals surface area contributed by atoms with Gasteiger partial charge < -0.3 is 14.9 Å². The van der Waals surface area contributed by atoms with Gasteiger partial charge in [-0.05, 0) is 13.0 Å². The number of phenolic OH excluding ortho intramolecular Hbond substituents is 1.